The summed E-state index contributed by atoms with van der Waals surface area (Å²) < 4.78 is 7.72. The van der Waals surface area contributed by atoms with Gasteiger partial charge in [0, 0.05) is 7.05 Å². The van der Waals surface area contributed by atoms with Crippen molar-refractivity contribution in [3.63, 3.8) is 0 Å². The molecule has 2 aromatic heterocycles. The Morgan fingerprint density at radius 1 is 1.60 bits per heavy atom. The second-order valence-corrected chi connectivity index (χ2v) is 3.81. The molecule has 7 heteroatoms. The van der Waals surface area contributed by atoms with Crippen LogP contribution < -0.4 is 11.3 Å². The van der Waals surface area contributed by atoms with E-state index in [1.54, 1.807) is 17.9 Å². The van der Waals surface area contributed by atoms with E-state index >= 15 is 0 Å². The minimum Gasteiger partial charge on any atom is -0.452 e. The number of nitrogens with two attached hydrogens (primary N) is 1. The minimum atomic E-state index is -0.253. The maximum atomic E-state index is 5.48. The summed E-state index contributed by atoms with van der Waals surface area (Å²) >= 11 is 3.24. The van der Waals surface area contributed by atoms with Crippen LogP contribution in [0.4, 0.5) is 0 Å². The Morgan fingerprint density at radius 2 is 2.40 bits per heavy atom. The molecule has 0 radical (unpaired) electrons. The number of aromatic nitrogens is 3. The predicted molar refractivity (Wildman–Crippen MR) is 56.6 cm³/mol. The molecular formula is C8H10BrN5O. The van der Waals surface area contributed by atoms with E-state index in [0.29, 0.717) is 10.4 Å². The molecule has 6 nitrogen and oxygen atoms in total. The Balaban J connectivity index is 2.36. The largest absolute Gasteiger partial charge is 0.452 e. The first-order valence-electron chi connectivity index (χ1n) is 4.28. The minimum absolute atomic E-state index is 0.253. The van der Waals surface area contributed by atoms with E-state index in [2.05, 4.69) is 31.7 Å². The number of nitrogens with one attached hydrogen (secondary N) is 1. The van der Waals surface area contributed by atoms with E-state index in [-0.39, 0.29) is 6.04 Å². The van der Waals surface area contributed by atoms with Gasteiger partial charge in [-0.25, -0.2) is 5.43 Å². The van der Waals surface area contributed by atoms with Crippen LogP contribution >= 0.6 is 15.9 Å². The van der Waals surface area contributed by atoms with Crippen molar-refractivity contribution in [1.82, 2.24) is 20.4 Å². The summed E-state index contributed by atoms with van der Waals surface area (Å²) in [5, 5.41) is 7.62. The summed E-state index contributed by atoms with van der Waals surface area (Å²) in [4.78, 5) is 0. The molecule has 2 rings (SSSR count). The molecule has 0 aliphatic heterocycles. The van der Waals surface area contributed by atoms with Crippen LogP contribution in [0.2, 0.25) is 0 Å². The molecule has 3 N–H and O–H groups in total. The Morgan fingerprint density at radius 3 is 2.87 bits per heavy atom. The quantitative estimate of drug-likeness (QED) is 0.635. The zero-order valence-corrected chi connectivity index (χ0v) is 9.60. The molecule has 80 valence electrons. The first kappa shape index (κ1) is 10.3. The molecule has 0 bridgehead atoms. The highest BCUT2D eigenvalue weighted by atomic mass is 79.9. The fourth-order valence-corrected chi connectivity index (χ4v) is 1.67. The van der Waals surface area contributed by atoms with Crippen LogP contribution in [0, 0.1) is 0 Å². The lowest BCUT2D eigenvalue weighted by molar-refractivity contribution is 0.425. The number of rotatable bonds is 3. The van der Waals surface area contributed by atoms with Gasteiger partial charge in [0.25, 0.3) is 0 Å². The molecule has 0 saturated heterocycles. The molecule has 15 heavy (non-hydrogen) atoms. The van der Waals surface area contributed by atoms with Crippen LogP contribution in [0.25, 0.3) is 0 Å². The smallest absolute Gasteiger partial charge is 0.169 e. The van der Waals surface area contributed by atoms with E-state index < -0.39 is 0 Å². The summed E-state index contributed by atoms with van der Waals surface area (Å²) in [7, 11) is 1.80. The van der Waals surface area contributed by atoms with Crippen LogP contribution in [0.1, 0.15) is 17.5 Å². The zero-order valence-electron chi connectivity index (χ0n) is 8.01. The molecule has 0 spiro atoms. The molecule has 1 unspecified atom stereocenters. The van der Waals surface area contributed by atoms with E-state index in [4.69, 9.17) is 10.3 Å². The number of hydrogen-bond donors (Lipinski definition) is 2. The number of hydrazine groups is 1. The highest BCUT2D eigenvalue weighted by molar-refractivity contribution is 9.10. The second kappa shape index (κ2) is 4.13. The molecule has 1 atom stereocenters. The molecule has 0 aliphatic carbocycles. The van der Waals surface area contributed by atoms with Gasteiger partial charge in [-0.05, 0) is 28.1 Å². The lowest BCUT2D eigenvalue weighted by Gasteiger charge is -2.12. The number of halogens is 1. The first-order chi connectivity index (χ1) is 7.22. The molecule has 2 aromatic rings. The Kier molecular flexibility index (Phi) is 2.85. The molecule has 0 fully saturated rings. The van der Waals surface area contributed by atoms with Gasteiger partial charge < -0.3 is 4.42 Å². The van der Waals surface area contributed by atoms with Gasteiger partial charge in [-0.2, -0.15) is 0 Å². The van der Waals surface area contributed by atoms with Crippen LogP contribution in [0.5, 0.6) is 0 Å². The van der Waals surface area contributed by atoms with E-state index in [1.165, 1.54) is 0 Å². The summed E-state index contributed by atoms with van der Waals surface area (Å²) in [6.07, 6.45) is 1.64. The van der Waals surface area contributed by atoms with Crippen molar-refractivity contribution >= 4 is 15.9 Å². The maximum absolute atomic E-state index is 5.48. The SMILES string of the molecule is Cn1nncc1C(NN)c1ccc(Br)o1. The highest BCUT2D eigenvalue weighted by Gasteiger charge is 2.19. The van der Waals surface area contributed by atoms with Crippen LogP contribution in [0.3, 0.4) is 0 Å². The highest BCUT2D eigenvalue weighted by Crippen LogP contribution is 2.24. The van der Waals surface area contributed by atoms with Crippen molar-refractivity contribution in [3.05, 3.63) is 34.5 Å². The Bertz CT molecular complexity index is 451. The third-order valence-corrected chi connectivity index (χ3v) is 2.52. The Hall–Kier alpha value is -1.18. The monoisotopic (exact) mass is 271 g/mol. The standard InChI is InChI=1S/C8H10BrN5O/c1-14-5(4-11-13-14)8(12-10)6-2-3-7(9)15-6/h2-4,8,12H,10H2,1H3. The molecular weight excluding hydrogens is 262 g/mol. The van der Waals surface area contributed by atoms with Crippen molar-refractivity contribution < 1.29 is 4.42 Å². The van der Waals surface area contributed by atoms with E-state index in [0.717, 1.165) is 5.69 Å². The first-order valence-corrected chi connectivity index (χ1v) is 5.07. The summed E-state index contributed by atoms with van der Waals surface area (Å²) in [5.41, 5.74) is 3.49. The molecule has 0 aromatic carbocycles. The van der Waals surface area contributed by atoms with Crippen LogP contribution in [-0.4, -0.2) is 15.0 Å². The predicted octanol–water partition coefficient (Wildman–Crippen LogP) is 0.723. The average Bonchev–Trinajstić information content (AvgIpc) is 2.79. The normalized spacial score (nSPS) is 13.0. The number of nitrogens with zero attached hydrogens (tertiary/aromatic N) is 3. The van der Waals surface area contributed by atoms with Crippen LogP contribution in [-0.2, 0) is 7.05 Å². The van der Waals surface area contributed by atoms with Crippen molar-refractivity contribution in [2.75, 3.05) is 0 Å². The number of furan rings is 1. The van der Waals surface area contributed by atoms with Crippen molar-refractivity contribution in [1.29, 1.82) is 0 Å². The zero-order chi connectivity index (χ0) is 10.8. The lowest BCUT2D eigenvalue weighted by atomic mass is 10.2. The van der Waals surface area contributed by atoms with Crippen molar-refractivity contribution in [3.8, 4) is 0 Å². The molecule has 0 amide bonds. The van der Waals surface area contributed by atoms with E-state index in [9.17, 15) is 0 Å². The summed E-state index contributed by atoms with van der Waals surface area (Å²) in [5.74, 6) is 6.18. The van der Waals surface area contributed by atoms with Crippen molar-refractivity contribution in [2.45, 2.75) is 6.04 Å². The fourth-order valence-electron chi connectivity index (χ4n) is 1.36. The fraction of sp³-hybridized carbons (Fsp3) is 0.250. The van der Waals surface area contributed by atoms with Gasteiger partial charge in [0.15, 0.2) is 4.67 Å². The Labute approximate surface area is 94.5 Å². The summed E-state index contributed by atoms with van der Waals surface area (Å²) in [6.45, 7) is 0. The van der Waals surface area contributed by atoms with Gasteiger partial charge in [-0.3, -0.25) is 10.5 Å². The van der Waals surface area contributed by atoms with Gasteiger partial charge in [-0.15, -0.1) is 5.10 Å². The lowest BCUT2D eigenvalue weighted by Crippen LogP contribution is -2.30. The van der Waals surface area contributed by atoms with Gasteiger partial charge >= 0.3 is 0 Å². The third kappa shape index (κ3) is 1.94. The number of aryl methyl sites for hydroxylation is 1. The van der Waals surface area contributed by atoms with Gasteiger partial charge in [0.1, 0.15) is 11.8 Å². The summed E-state index contributed by atoms with van der Waals surface area (Å²) in [6, 6.07) is 3.39. The van der Waals surface area contributed by atoms with Gasteiger partial charge in [0.2, 0.25) is 0 Å². The molecule has 0 aliphatic rings. The van der Waals surface area contributed by atoms with Gasteiger partial charge in [-0.1, -0.05) is 5.21 Å². The molecule has 0 saturated carbocycles. The van der Waals surface area contributed by atoms with Gasteiger partial charge in [0.05, 0.1) is 11.9 Å². The third-order valence-electron chi connectivity index (χ3n) is 2.09. The van der Waals surface area contributed by atoms with Crippen LogP contribution in [0.15, 0.2) is 27.4 Å². The topological polar surface area (TPSA) is 81.9 Å². The average molecular weight is 272 g/mol. The maximum Gasteiger partial charge on any atom is 0.169 e. The second-order valence-electron chi connectivity index (χ2n) is 3.02. The number of hydrogen-bond acceptors (Lipinski definition) is 5. The van der Waals surface area contributed by atoms with E-state index in [1.807, 2.05) is 12.1 Å². The van der Waals surface area contributed by atoms with Crippen molar-refractivity contribution in [2.24, 2.45) is 12.9 Å². The molecule has 2 heterocycles.